The monoisotopic (exact) mass is 464 g/mol. The summed E-state index contributed by atoms with van der Waals surface area (Å²) in [6.07, 6.45) is 3.31. The van der Waals surface area contributed by atoms with Crippen molar-refractivity contribution in [3.05, 3.63) is 70.2 Å². The van der Waals surface area contributed by atoms with E-state index in [1.54, 1.807) is 13.4 Å². The van der Waals surface area contributed by atoms with Gasteiger partial charge in [0, 0.05) is 23.0 Å². The van der Waals surface area contributed by atoms with Crippen LogP contribution in [-0.2, 0) is 18.6 Å². The quantitative estimate of drug-likeness (QED) is 0.371. The molecule has 0 radical (unpaired) electrons. The number of hydrogen-bond acceptors (Lipinski definition) is 7. The number of tetrazole rings is 1. The van der Waals surface area contributed by atoms with Gasteiger partial charge in [0.05, 0.1) is 31.5 Å². The van der Waals surface area contributed by atoms with Crippen LogP contribution in [0.5, 0.6) is 5.75 Å². The highest BCUT2D eigenvalue weighted by Gasteiger charge is 2.31. The van der Waals surface area contributed by atoms with Crippen molar-refractivity contribution >= 4 is 10.9 Å². The Kier molecular flexibility index (Phi) is 6.83. The number of ether oxygens (including phenoxy) is 1. The Morgan fingerprint density at radius 1 is 1.21 bits per heavy atom. The van der Waals surface area contributed by atoms with E-state index in [9.17, 15) is 4.79 Å². The van der Waals surface area contributed by atoms with Gasteiger partial charge in [-0.2, -0.15) is 0 Å². The number of nitrogens with zero attached hydrogens (tertiary/aromatic N) is 5. The lowest BCUT2D eigenvalue weighted by atomic mass is 10.0. The van der Waals surface area contributed by atoms with Crippen LogP contribution in [0, 0.1) is 0 Å². The molecule has 1 aromatic carbocycles. The molecule has 4 aromatic rings. The molecule has 1 N–H and O–H groups in total. The molecule has 0 spiro atoms. The lowest BCUT2D eigenvalue weighted by Gasteiger charge is -2.32. The maximum absolute atomic E-state index is 13.0. The van der Waals surface area contributed by atoms with Crippen LogP contribution in [0.25, 0.3) is 10.9 Å². The summed E-state index contributed by atoms with van der Waals surface area (Å²) in [5.74, 6) is 2.33. The third kappa shape index (κ3) is 4.75. The molecule has 0 amide bonds. The summed E-state index contributed by atoms with van der Waals surface area (Å²) in [7, 11) is 1.63. The number of methoxy groups -OCH3 is 1. The van der Waals surface area contributed by atoms with Crippen LogP contribution in [0.2, 0.25) is 0 Å². The third-order valence-corrected chi connectivity index (χ3v) is 6.50. The average molecular weight is 465 g/mol. The molecule has 3 heterocycles. The summed E-state index contributed by atoms with van der Waals surface area (Å²) in [5.41, 5.74) is 1.07. The van der Waals surface area contributed by atoms with Gasteiger partial charge in [-0.05, 0) is 73.5 Å². The molecule has 34 heavy (non-hydrogen) atoms. The van der Waals surface area contributed by atoms with Crippen LogP contribution in [0.4, 0.5) is 0 Å². The number of furan rings is 1. The summed E-state index contributed by atoms with van der Waals surface area (Å²) < 4.78 is 12.9. The van der Waals surface area contributed by atoms with E-state index in [0.29, 0.717) is 18.7 Å². The first-order valence-corrected chi connectivity index (χ1v) is 11.6. The minimum atomic E-state index is -0.237. The molecular formula is C25H32N6O3. The van der Waals surface area contributed by atoms with Crippen molar-refractivity contribution in [3.63, 3.8) is 0 Å². The Morgan fingerprint density at radius 2 is 2.03 bits per heavy atom. The van der Waals surface area contributed by atoms with Gasteiger partial charge in [-0.3, -0.25) is 9.69 Å². The van der Waals surface area contributed by atoms with E-state index >= 15 is 0 Å². The molecule has 0 saturated carbocycles. The molecule has 0 unspecified atom stereocenters. The maximum Gasteiger partial charge on any atom is 0.252 e. The topological polar surface area (TPSA) is 102 Å². The largest absolute Gasteiger partial charge is 0.497 e. The average Bonchev–Trinajstić information content (AvgIpc) is 3.52. The number of aromatic amines is 1. The van der Waals surface area contributed by atoms with Crippen molar-refractivity contribution in [2.45, 2.75) is 65.2 Å². The number of fused-ring (bicyclic) bond motifs is 1. The summed E-state index contributed by atoms with van der Waals surface area (Å²) in [5, 5.41) is 13.6. The summed E-state index contributed by atoms with van der Waals surface area (Å²) in [6, 6.07) is 11.2. The predicted molar refractivity (Wildman–Crippen MR) is 130 cm³/mol. The molecule has 4 rings (SSSR count). The molecule has 0 aliphatic carbocycles. The first kappa shape index (κ1) is 23.7. The van der Waals surface area contributed by atoms with Crippen LogP contribution in [-0.4, -0.2) is 37.2 Å². The van der Waals surface area contributed by atoms with E-state index < -0.39 is 0 Å². The summed E-state index contributed by atoms with van der Waals surface area (Å²) in [4.78, 5) is 18.2. The fourth-order valence-corrected chi connectivity index (χ4v) is 4.16. The molecule has 3 aromatic heterocycles. The number of benzene rings is 1. The molecule has 0 aliphatic rings. The lowest BCUT2D eigenvalue weighted by Crippen LogP contribution is -2.36. The highest BCUT2D eigenvalue weighted by Crippen LogP contribution is 2.30. The molecule has 0 saturated heterocycles. The molecule has 9 nitrogen and oxygen atoms in total. The van der Waals surface area contributed by atoms with Gasteiger partial charge < -0.3 is 14.1 Å². The zero-order valence-electron chi connectivity index (χ0n) is 20.4. The highest BCUT2D eigenvalue weighted by atomic mass is 16.5. The second kappa shape index (κ2) is 9.80. The Bertz CT molecular complexity index is 1290. The number of aromatic nitrogens is 5. The van der Waals surface area contributed by atoms with E-state index in [0.717, 1.165) is 41.1 Å². The van der Waals surface area contributed by atoms with Gasteiger partial charge >= 0.3 is 0 Å². The van der Waals surface area contributed by atoms with E-state index in [4.69, 9.17) is 9.15 Å². The van der Waals surface area contributed by atoms with E-state index in [-0.39, 0.29) is 17.1 Å². The Morgan fingerprint density at radius 3 is 2.71 bits per heavy atom. The minimum Gasteiger partial charge on any atom is -0.497 e. The van der Waals surface area contributed by atoms with Crippen LogP contribution >= 0.6 is 0 Å². The van der Waals surface area contributed by atoms with Crippen molar-refractivity contribution in [1.82, 2.24) is 30.1 Å². The van der Waals surface area contributed by atoms with Crippen LogP contribution in [0.15, 0.2) is 51.9 Å². The molecule has 0 fully saturated rings. The smallest absolute Gasteiger partial charge is 0.252 e. The predicted octanol–water partition coefficient (Wildman–Crippen LogP) is 4.41. The van der Waals surface area contributed by atoms with Crippen molar-refractivity contribution in [2.24, 2.45) is 0 Å². The molecule has 0 aliphatic heterocycles. The Balaban J connectivity index is 1.76. The molecular weight excluding hydrogens is 432 g/mol. The Labute approximate surface area is 198 Å². The molecule has 180 valence electrons. The normalized spacial score (nSPS) is 13.0. The van der Waals surface area contributed by atoms with Crippen LogP contribution < -0.4 is 10.3 Å². The van der Waals surface area contributed by atoms with Gasteiger partial charge in [-0.1, -0.05) is 13.8 Å². The van der Waals surface area contributed by atoms with Crippen LogP contribution in [0.1, 0.15) is 63.7 Å². The van der Waals surface area contributed by atoms with Gasteiger partial charge in [-0.25, -0.2) is 4.68 Å². The fraction of sp³-hybridized carbons (Fsp3) is 0.440. The van der Waals surface area contributed by atoms with Crippen molar-refractivity contribution in [2.75, 3.05) is 7.11 Å². The van der Waals surface area contributed by atoms with Crippen molar-refractivity contribution in [3.8, 4) is 5.75 Å². The van der Waals surface area contributed by atoms with Gasteiger partial charge in [-0.15, -0.1) is 5.10 Å². The van der Waals surface area contributed by atoms with Gasteiger partial charge in [0.1, 0.15) is 11.5 Å². The van der Waals surface area contributed by atoms with Gasteiger partial charge in [0.25, 0.3) is 5.56 Å². The maximum atomic E-state index is 13.0. The van der Waals surface area contributed by atoms with Gasteiger partial charge in [0.15, 0.2) is 5.82 Å². The summed E-state index contributed by atoms with van der Waals surface area (Å²) in [6.45, 7) is 9.39. The number of hydrogen-bond donors (Lipinski definition) is 1. The minimum absolute atomic E-state index is 0.119. The van der Waals surface area contributed by atoms with Gasteiger partial charge in [0.2, 0.25) is 0 Å². The van der Waals surface area contributed by atoms with E-state index in [2.05, 4.69) is 53.1 Å². The molecule has 9 heteroatoms. The standard InChI is InChI=1S/C25H32N6O3/c1-6-22(23-27-28-29-31(23)25(3,4)7-2)30(16-20-9-8-12-34-20)15-18-13-17-14-19(33-5)10-11-21(17)26-24(18)32/h8-14,22H,6-7,15-16H2,1-5H3,(H,26,32)/t22-/m1/s1. The first-order chi connectivity index (χ1) is 16.4. The van der Waals surface area contributed by atoms with Crippen molar-refractivity contribution in [1.29, 1.82) is 0 Å². The number of nitrogens with one attached hydrogen (secondary N) is 1. The second-order valence-corrected chi connectivity index (χ2v) is 9.10. The fourth-order valence-electron chi connectivity index (χ4n) is 4.16. The third-order valence-electron chi connectivity index (χ3n) is 6.50. The highest BCUT2D eigenvalue weighted by molar-refractivity contribution is 5.80. The zero-order chi connectivity index (χ0) is 24.3. The number of H-pyrrole nitrogens is 1. The number of pyridine rings is 1. The SMILES string of the molecule is CC[C@H](c1nnnn1C(C)(C)CC)N(Cc1ccco1)Cc1cc2cc(OC)ccc2[nH]c1=O. The Hall–Kier alpha value is -3.46. The second-order valence-electron chi connectivity index (χ2n) is 9.10. The lowest BCUT2D eigenvalue weighted by molar-refractivity contribution is 0.140. The van der Waals surface area contributed by atoms with Crippen molar-refractivity contribution < 1.29 is 9.15 Å². The van der Waals surface area contributed by atoms with E-state index in [1.165, 1.54) is 0 Å². The van der Waals surface area contributed by atoms with Crippen LogP contribution in [0.3, 0.4) is 0 Å². The van der Waals surface area contributed by atoms with E-state index in [1.807, 2.05) is 41.1 Å². The molecule has 0 bridgehead atoms. The number of rotatable bonds is 10. The zero-order valence-corrected chi connectivity index (χ0v) is 20.4. The first-order valence-electron chi connectivity index (χ1n) is 11.6. The molecule has 1 atom stereocenters. The summed E-state index contributed by atoms with van der Waals surface area (Å²) >= 11 is 0.